The van der Waals surface area contributed by atoms with Crippen LogP contribution in [0.1, 0.15) is 49.5 Å². The molecule has 100 valence electrons. The Kier molecular flexibility index (Phi) is 5.09. The molecule has 18 heavy (non-hydrogen) atoms. The van der Waals surface area contributed by atoms with Crippen molar-refractivity contribution in [3.05, 3.63) is 35.4 Å². The maximum absolute atomic E-state index is 12.0. The van der Waals surface area contributed by atoms with Gasteiger partial charge in [0.25, 0.3) is 0 Å². The Balaban J connectivity index is 2.54. The number of nitrogens with zero attached hydrogens (tertiary/aromatic N) is 1. The number of benzene rings is 1. The summed E-state index contributed by atoms with van der Waals surface area (Å²) in [5.74, 6) is 0.230. The molecular weight excluding hydrogens is 222 g/mol. The summed E-state index contributed by atoms with van der Waals surface area (Å²) < 4.78 is 0. The third-order valence-corrected chi connectivity index (χ3v) is 3.95. The third kappa shape index (κ3) is 3.95. The van der Waals surface area contributed by atoms with E-state index in [0.29, 0.717) is 6.42 Å². The number of carbonyl (C=O) groups excluding carboxylic acids is 1. The monoisotopic (exact) mass is 247 g/mol. The molecule has 0 amide bonds. The van der Waals surface area contributed by atoms with Crippen LogP contribution in [0.2, 0.25) is 0 Å². The number of ketones is 1. The van der Waals surface area contributed by atoms with Gasteiger partial charge in [-0.2, -0.15) is 0 Å². The van der Waals surface area contributed by atoms with Gasteiger partial charge in [-0.1, -0.05) is 36.8 Å². The fourth-order valence-corrected chi connectivity index (χ4v) is 1.73. The summed E-state index contributed by atoms with van der Waals surface area (Å²) in [6.07, 6.45) is 1.67. The molecule has 0 aliphatic carbocycles. The molecule has 0 unspecified atom stereocenters. The average molecular weight is 247 g/mol. The molecule has 0 radical (unpaired) electrons. The maximum atomic E-state index is 12.0. The van der Waals surface area contributed by atoms with Gasteiger partial charge in [0.2, 0.25) is 0 Å². The fourth-order valence-electron chi connectivity index (χ4n) is 1.73. The largest absolute Gasteiger partial charge is 0.301 e. The molecule has 0 fully saturated rings. The Morgan fingerprint density at radius 1 is 1.22 bits per heavy atom. The summed E-state index contributed by atoms with van der Waals surface area (Å²) in [6.45, 7) is 9.45. The smallest absolute Gasteiger partial charge is 0.164 e. The van der Waals surface area contributed by atoms with E-state index in [4.69, 9.17) is 0 Å². The Labute approximate surface area is 111 Å². The molecule has 0 spiro atoms. The van der Waals surface area contributed by atoms with Gasteiger partial charge in [-0.25, -0.2) is 0 Å². The van der Waals surface area contributed by atoms with E-state index in [1.165, 1.54) is 5.56 Å². The van der Waals surface area contributed by atoms with Crippen molar-refractivity contribution in [1.29, 1.82) is 0 Å². The lowest BCUT2D eigenvalue weighted by molar-refractivity contribution is 0.0929. The molecule has 0 N–H and O–H groups in total. The highest BCUT2D eigenvalue weighted by molar-refractivity contribution is 5.96. The van der Waals surface area contributed by atoms with Crippen molar-refractivity contribution in [3.63, 3.8) is 0 Å². The van der Waals surface area contributed by atoms with Crippen molar-refractivity contribution in [2.75, 3.05) is 13.6 Å². The molecule has 0 saturated heterocycles. The minimum atomic E-state index is 0.160. The molecule has 0 aliphatic rings. The van der Waals surface area contributed by atoms with Crippen LogP contribution in [0.5, 0.6) is 0 Å². The summed E-state index contributed by atoms with van der Waals surface area (Å²) in [6, 6.07) is 7.82. The van der Waals surface area contributed by atoms with Crippen LogP contribution in [0, 0.1) is 6.92 Å². The number of rotatable bonds is 6. The lowest BCUT2D eigenvalue weighted by Crippen LogP contribution is -2.41. The summed E-state index contributed by atoms with van der Waals surface area (Å²) in [5, 5.41) is 0. The summed E-state index contributed by atoms with van der Waals surface area (Å²) >= 11 is 0. The molecule has 2 nitrogen and oxygen atoms in total. The molecular formula is C16H25NO. The predicted octanol–water partition coefficient (Wildman–Crippen LogP) is 3.69. The Morgan fingerprint density at radius 3 is 2.28 bits per heavy atom. The van der Waals surface area contributed by atoms with Gasteiger partial charge in [-0.15, -0.1) is 0 Å². The van der Waals surface area contributed by atoms with Gasteiger partial charge >= 0.3 is 0 Å². The first-order chi connectivity index (χ1) is 8.36. The lowest BCUT2D eigenvalue weighted by Gasteiger charge is -2.34. The van der Waals surface area contributed by atoms with Crippen molar-refractivity contribution < 1.29 is 4.79 Å². The van der Waals surface area contributed by atoms with Crippen LogP contribution < -0.4 is 0 Å². The van der Waals surface area contributed by atoms with E-state index in [1.54, 1.807) is 0 Å². The second-order valence-electron chi connectivity index (χ2n) is 5.63. The highest BCUT2D eigenvalue weighted by Gasteiger charge is 2.21. The van der Waals surface area contributed by atoms with Crippen LogP contribution in [0.3, 0.4) is 0 Å². The quantitative estimate of drug-likeness (QED) is 0.715. The van der Waals surface area contributed by atoms with Gasteiger partial charge in [0, 0.05) is 24.1 Å². The van der Waals surface area contributed by atoms with E-state index >= 15 is 0 Å². The number of Topliss-reactive ketones (excluding diaryl/α,β-unsaturated/α-hetero) is 1. The number of aryl methyl sites for hydroxylation is 1. The molecule has 0 saturated carbocycles. The van der Waals surface area contributed by atoms with Gasteiger partial charge in [0.05, 0.1) is 0 Å². The molecule has 0 aliphatic heterocycles. The summed E-state index contributed by atoms with van der Waals surface area (Å²) in [4.78, 5) is 14.3. The second kappa shape index (κ2) is 6.14. The molecule has 0 heterocycles. The van der Waals surface area contributed by atoms with Crippen LogP contribution in [0.15, 0.2) is 24.3 Å². The molecule has 2 heteroatoms. The van der Waals surface area contributed by atoms with Crippen molar-refractivity contribution in [2.45, 2.75) is 46.1 Å². The van der Waals surface area contributed by atoms with Gasteiger partial charge in [0.15, 0.2) is 5.78 Å². The standard InChI is InChI=1S/C16H25NO/c1-6-16(3,4)17(5)12-11-15(18)14-9-7-13(2)8-10-14/h7-10H,6,11-12H2,1-5H3. The normalized spacial score (nSPS) is 11.9. The molecule has 0 bridgehead atoms. The van der Waals surface area contributed by atoms with Crippen LogP contribution in [-0.4, -0.2) is 29.8 Å². The van der Waals surface area contributed by atoms with E-state index < -0.39 is 0 Å². The van der Waals surface area contributed by atoms with E-state index in [1.807, 2.05) is 31.2 Å². The zero-order chi connectivity index (χ0) is 13.8. The predicted molar refractivity (Wildman–Crippen MR) is 77.1 cm³/mol. The van der Waals surface area contributed by atoms with E-state index in [0.717, 1.165) is 18.5 Å². The minimum Gasteiger partial charge on any atom is -0.301 e. The van der Waals surface area contributed by atoms with E-state index in [2.05, 4.69) is 32.7 Å². The van der Waals surface area contributed by atoms with E-state index in [9.17, 15) is 4.79 Å². The summed E-state index contributed by atoms with van der Waals surface area (Å²) in [7, 11) is 2.09. The van der Waals surface area contributed by atoms with Gasteiger partial charge < -0.3 is 4.90 Å². The summed E-state index contributed by atoms with van der Waals surface area (Å²) in [5.41, 5.74) is 2.17. The number of hydrogen-bond donors (Lipinski definition) is 0. The van der Waals surface area contributed by atoms with Crippen LogP contribution in [0.4, 0.5) is 0 Å². The zero-order valence-corrected chi connectivity index (χ0v) is 12.3. The maximum Gasteiger partial charge on any atom is 0.164 e. The first-order valence-electron chi connectivity index (χ1n) is 6.68. The van der Waals surface area contributed by atoms with Crippen molar-refractivity contribution in [2.24, 2.45) is 0 Å². The molecule has 1 rings (SSSR count). The molecule has 1 aromatic carbocycles. The highest BCUT2D eigenvalue weighted by atomic mass is 16.1. The van der Waals surface area contributed by atoms with Crippen LogP contribution in [0.25, 0.3) is 0 Å². The third-order valence-electron chi connectivity index (χ3n) is 3.95. The van der Waals surface area contributed by atoms with Gasteiger partial charge in [-0.05, 0) is 34.2 Å². The number of carbonyl (C=O) groups is 1. The Morgan fingerprint density at radius 2 is 1.78 bits per heavy atom. The molecule has 0 atom stereocenters. The lowest BCUT2D eigenvalue weighted by atomic mass is 9.99. The van der Waals surface area contributed by atoms with Gasteiger partial charge in [-0.3, -0.25) is 4.79 Å². The SMILES string of the molecule is CCC(C)(C)N(C)CCC(=O)c1ccc(C)cc1. The second-order valence-corrected chi connectivity index (χ2v) is 5.63. The topological polar surface area (TPSA) is 20.3 Å². The van der Waals surface area contributed by atoms with Crippen molar-refractivity contribution in [1.82, 2.24) is 4.90 Å². The van der Waals surface area contributed by atoms with Crippen molar-refractivity contribution >= 4 is 5.78 Å². The minimum absolute atomic E-state index is 0.160. The number of hydrogen-bond acceptors (Lipinski definition) is 2. The van der Waals surface area contributed by atoms with Gasteiger partial charge in [0.1, 0.15) is 0 Å². The molecule has 1 aromatic rings. The zero-order valence-electron chi connectivity index (χ0n) is 12.3. The Hall–Kier alpha value is -1.15. The first kappa shape index (κ1) is 14.9. The van der Waals surface area contributed by atoms with Crippen LogP contribution >= 0.6 is 0 Å². The molecule has 0 aromatic heterocycles. The van der Waals surface area contributed by atoms with Crippen molar-refractivity contribution in [3.8, 4) is 0 Å². The highest BCUT2D eigenvalue weighted by Crippen LogP contribution is 2.17. The first-order valence-corrected chi connectivity index (χ1v) is 6.68. The Bertz CT molecular complexity index is 392. The van der Waals surface area contributed by atoms with E-state index in [-0.39, 0.29) is 11.3 Å². The fraction of sp³-hybridized carbons (Fsp3) is 0.562. The van der Waals surface area contributed by atoms with Crippen LogP contribution in [-0.2, 0) is 0 Å². The average Bonchev–Trinajstić information content (AvgIpc) is 2.36.